The number of para-hydroxylation sites is 1. The first-order chi connectivity index (χ1) is 13.4. The Bertz CT molecular complexity index is 959. The number of thioether (sulfide) groups is 1. The summed E-state index contributed by atoms with van der Waals surface area (Å²) in [6.07, 6.45) is 1.92. The van der Waals surface area contributed by atoms with Gasteiger partial charge in [0, 0.05) is 16.6 Å². The maximum absolute atomic E-state index is 12.9. The van der Waals surface area contributed by atoms with E-state index >= 15 is 0 Å². The monoisotopic (exact) mass is 478 g/mol. The zero-order valence-corrected chi connectivity index (χ0v) is 18.9. The normalized spacial score (nSPS) is 17.2. The van der Waals surface area contributed by atoms with Crippen LogP contribution in [0.5, 0.6) is 5.75 Å². The lowest BCUT2D eigenvalue weighted by Gasteiger charge is -2.13. The molecule has 0 bridgehead atoms. The topological polar surface area (TPSA) is 41.9 Å². The first-order valence-corrected chi connectivity index (χ1v) is 10.9. The number of carbonyl (C=O) groups is 1. The molecule has 2 aromatic rings. The molecule has 28 heavy (non-hydrogen) atoms. The molecule has 0 aromatic heterocycles. The molecule has 0 spiro atoms. The quantitative estimate of drug-likeness (QED) is 0.459. The van der Waals surface area contributed by atoms with Crippen molar-refractivity contribution in [1.82, 2.24) is 4.90 Å². The summed E-state index contributed by atoms with van der Waals surface area (Å²) in [6.45, 7) is 6.43. The van der Waals surface area contributed by atoms with Crippen molar-refractivity contribution >= 4 is 62.1 Å². The third-order valence-electron chi connectivity index (χ3n) is 3.90. The second-order valence-corrected chi connectivity index (χ2v) is 8.63. The smallest absolute Gasteiger partial charge is 0.266 e. The van der Waals surface area contributed by atoms with Crippen LogP contribution < -0.4 is 4.74 Å². The number of nitrogens with zero attached hydrogens (tertiary/aromatic N) is 2. The summed E-state index contributed by atoms with van der Waals surface area (Å²) >= 11 is 10.9. The SMILES string of the molecule is CCN1C(=O)/C(=C\c2ccccc2OC(C)C)SC1=Nc1ccc(Br)c(Cl)c1. The van der Waals surface area contributed by atoms with Crippen molar-refractivity contribution in [2.75, 3.05) is 6.54 Å². The molecule has 1 heterocycles. The average molecular weight is 480 g/mol. The Morgan fingerprint density at radius 1 is 1.29 bits per heavy atom. The first kappa shape index (κ1) is 21.0. The third-order valence-corrected chi connectivity index (χ3v) is 6.14. The molecule has 7 heteroatoms. The number of amides is 1. The molecule has 0 unspecified atom stereocenters. The summed E-state index contributed by atoms with van der Waals surface area (Å²) in [5.41, 5.74) is 1.57. The number of hydrogen-bond acceptors (Lipinski definition) is 4. The summed E-state index contributed by atoms with van der Waals surface area (Å²) in [4.78, 5) is 19.8. The van der Waals surface area contributed by atoms with E-state index in [1.54, 1.807) is 11.0 Å². The molecular formula is C21H20BrClN2O2S. The Balaban J connectivity index is 1.95. The van der Waals surface area contributed by atoms with Gasteiger partial charge in [-0.15, -0.1) is 0 Å². The summed E-state index contributed by atoms with van der Waals surface area (Å²) in [5.74, 6) is 0.695. The first-order valence-electron chi connectivity index (χ1n) is 8.90. The van der Waals surface area contributed by atoms with Crippen molar-refractivity contribution in [3.63, 3.8) is 0 Å². The molecule has 1 aliphatic heterocycles. The van der Waals surface area contributed by atoms with Crippen LogP contribution >= 0.6 is 39.3 Å². The molecule has 1 aliphatic rings. The average Bonchev–Trinajstić information content (AvgIpc) is 2.94. The maximum Gasteiger partial charge on any atom is 0.266 e. The Morgan fingerprint density at radius 3 is 2.71 bits per heavy atom. The minimum Gasteiger partial charge on any atom is -0.490 e. The number of benzene rings is 2. The van der Waals surface area contributed by atoms with Gasteiger partial charge in [0.15, 0.2) is 5.17 Å². The van der Waals surface area contributed by atoms with Crippen molar-refractivity contribution < 1.29 is 9.53 Å². The van der Waals surface area contributed by atoms with E-state index < -0.39 is 0 Å². The van der Waals surface area contributed by atoms with Gasteiger partial charge in [0.2, 0.25) is 0 Å². The van der Waals surface area contributed by atoms with Crippen LogP contribution in [0.25, 0.3) is 6.08 Å². The molecule has 146 valence electrons. The van der Waals surface area contributed by atoms with Crippen LogP contribution in [-0.2, 0) is 4.79 Å². The van der Waals surface area contributed by atoms with Crippen molar-refractivity contribution in [2.24, 2.45) is 4.99 Å². The van der Waals surface area contributed by atoms with Gasteiger partial charge in [-0.1, -0.05) is 29.8 Å². The number of likely N-dealkylation sites (N-methyl/N-ethyl adjacent to an activating group) is 1. The summed E-state index contributed by atoms with van der Waals surface area (Å²) in [7, 11) is 0. The Hall–Kier alpha value is -1.76. The van der Waals surface area contributed by atoms with Gasteiger partial charge >= 0.3 is 0 Å². The number of ether oxygens (including phenoxy) is 1. The molecule has 1 saturated heterocycles. The molecule has 2 aromatic carbocycles. The van der Waals surface area contributed by atoms with Crippen LogP contribution in [0, 0.1) is 0 Å². The second-order valence-electron chi connectivity index (χ2n) is 6.36. The van der Waals surface area contributed by atoms with Crippen molar-refractivity contribution in [3.8, 4) is 5.75 Å². The number of hydrogen-bond donors (Lipinski definition) is 0. The molecule has 0 aliphatic carbocycles. The number of rotatable bonds is 5. The lowest BCUT2D eigenvalue weighted by atomic mass is 10.2. The van der Waals surface area contributed by atoms with E-state index in [9.17, 15) is 4.79 Å². The highest BCUT2D eigenvalue weighted by Gasteiger charge is 2.32. The van der Waals surface area contributed by atoms with Crippen LogP contribution in [0.1, 0.15) is 26.3 Å². The van der Waals surface area contributed by atoms with Crippen LogP contribution in [0.2, 0.25) is 5.02 Å². The van der Waals surface area contributed by atoms with Gasteiger partial charge in [-0.05, 0) is 78.8 Å². The fraction of sp³-hybridized carbons (Fsp3) is 0.238. The fourth-order valence-corrected chi connectivity index (χ4v) is 4.11. The number of amidine groups is 1. The summed E-state index contributed by atoms with van der Waals surface area (Å²) < 4.78 is 6.67. The molecule has 1 amide bonds. The standard InChI is InChI=1S/C21H20BrClN2O2S/c1-4-25-20(26)19(11-14-7-5-6-8-18(14)27-13(2)3)28-21(25)24-15-9-10-16(22)17(23)12-15/h5-13H,4H2,1-3H3/b19-11+,24-21?. The maximum atomic E-state index is 12.9. The molecule has 0 radical (unpaired) electrons. The molecule has 4 nitrogen and oxygen atoms in total. The highest BCUT2D eigenvalue weighted by atomic mass is 79.9. The van der Waals surface area contributed by atoms with Gasteiger partial charge in [-0.2, -0.15) is 0 Å². The number of aliphatic imine (C=N–C) groups is 1. The highest BCUT2D eigenvalue weighted by molar-refractivity contribution is 9.10. The number of carbonyl (C=O) groups excluding carboxylic acids is 1. The summed E-state index contributed by atoms with van der Waals surface area (Å²) in [6, 6.07) is 13.2. The van der Waals surface area contributed by atoms with Crippen molar-refractivity contribution in [1.29, 1.82) is 0 Å². The van der Waals surface area contributed by atoms with Crippen LogP contribution in [0.3, 0.4) is 0 Å². The van der Waals surface area contributed by atoms with Gasteiger partial charge in [-0.3, -0.25) is 9.69 Å². The van der Waals surface area contributed by atoms with Crippen molar-refractivity contribution in [3.05, 3.63) is 62.4 Å². The lowest BCUT2D eigenvalue weighted by molar-refractivity contribution is -0.122. The molecule has 0 saturated carbocycles. The van der Waals surface area contributed by atoms with Crippen LogP contribution in [0.15, 0.2) is 56.8 Å². The molecular weight excluding hydrogens is 460 g/mol. The Labute approximate surface area is 182 Å². The predicted octanol–water partition coefficient (Wildman–Crippen LogP) is 6.51. The third kappa shape index (κ3) is 4.80. The van der Waals surface area contributed by atoms with E-state index in [1.807, 2.05) is 63.2 Å². The Morgan fingerprint density at radius 2 is 2.04 bits per heavy atom. The zero-order valence-electron chi connectivity index (χ0n) is 15.8. The minimum absolute atomic E-state index is 0.0536. The zero-order chi connectivity index (χ0) is 20.3. The van der Waals surface area contributed by atoms with Gasteiger partial charge in [-0.25, -0.2) is 4.99 Å². The largest absolute Gasteiger partial charge is 0.490 e. The van der Waals surface area contributed by atoms with Crippen LogP contribution in [-0.4, -0.2) is 28.6 Å². The van der Waals surface area contributed by atoms with Gasteiger partial charge in [0.25, 0.3) is 5.91 Å². The van der Waals surface area contributed by atoms with E-state index in [1.165, 1.54) is 11.8 Å². The molecule has 0 atom stereocenters. The highest BCUT2D eigenvalue weighted by Crippen LogP contribution is 2.36. The number of halogens is 2. The van der Waals surface area contributed by atoms with E-state index in [4.69, 9.17) is 16.3 Å². The van der Waals surface area contributed by atoms with E-state index in [-0.39, 0.29) is 12.0 Å². The second kappa shape index (κ2) is 9.16. The van der Waals surface area contributed by atoms with Crippen LogP contribution in [0.4, 0.5) is 5.69 Å². The van der Waals surface area contributed by atoms with E-state index in [0.29, 0.717) is 27.3 Å². The van der Waals surface area contributed by atoms with Gasteiger partial charge in [0.05, 0.1) is 21.7 Å². The van der Waals surface area contributed by atoms with E-state index in [2.05, 4.69) is 20.9 Å². The lowest BCUT2D eigenvalue weighted by Crippen LogP contribution is -2.28. The Kier molecular flexibility index (Phi) is 6.86. The molecule has 3 rings (SSSR count). The van der Waals surface area contributed by atoms with Crippen molar-refractivity contribution in [2.45, 2.75) is 26.9 Å². The summed E-state index contributed by atoms with van der Waals surface area (Å²) in [5, 5.41) is 1.22. The van der Waals surface area contributed by atoms with Gasteiger partial charge in [0.1, 0.15) is 5.75 Å². The molecule has 0 N–H and O–H groups in total. The minimum atomic E-state index is -0.0613. The molecule has 1 fully saturated rings. The predicted molar refractivity (Wildman–Crippen MR) is 121 cm³/mol. The fourth-order valence-electron chi connectivity index (χ4n) is 2.64. The van der Waals surface area contributed by atoms with Gasteiger partial charge < -0.3 is 4.74 Å². The van der Waals surface area contributed by atoms with E-state index in [0.717, 1.165) is 15.8 Å².